The second-order valence-corrected chi connectivity index (χ2v) is 5.99. The first-order valence-electron chi connectivity index (χ1n) is 6.81. The summed E-state index contributed by atoms with van der Waals surface area (Å²) >= 11 is 3.48. The average molecular weight is 395 g/mol. The van der Waals surface area contributed by atoms with Crippen LogP contribution in [0, 0.1) is 0 Å². The van der Waals surface area contributed by atoms with Crippen molar-refractivity contribution in [2.24, 2.45) is 0 Å². The van der Waals surface area contributed by atoms with Crippen molar-refractivity contribution < 1.29 is 27.9 Å². The summed E-state index contributed by atoms with van der Waals surface area (Å²) in [7, 11) is 0. The number of nitrogens with one attached hydrogen (secondary N) is 1. The number of piperazine rings is 1. The van der Waals surface area contributed by atoms with Gasteiger partial charge in [-0.05, 0) is 34.0 Å². The maximum Gasteiger partial charge on any atom is 0.490 e. The molecule has 9 heteroatoms. The quantitative estimate of drug-likeness (QED) is 0.706. The first-order valence-corrected chi connectivity index (χ1v) is 7.60. The molecule has 5 nitrogen and oxygen atoms in total. The molecule has 1 aromatic rings. The van der Waals surface area contributed by atoms with Crippen molar-refractivity contribution in [3.8, 4) is 0 Å². The standard InChI is InChI=1S/C12H13BrN2O.C2HF3O2/c13-10-3-1-2-8-6-9-7-14-4-5-15(9)12(16)11(8)10;3-2(4,5)1(6)7/h1-3,9,14H,4-7H2;(H,6,7)/t9-;/m1./s1. The molecule has 0 spiro atoms. The zero-order chi connectivity index (χ0) is 17.2. The molecule has 0 saturated carbocycles. The molecule has 1 saturated heterocycles. The summed E-state index contributed by atoms with van der Waals surface area (Å²) in [6.45, 7) is 2.64. The summed E-state index contributed by atoms with van der Waals surface area (Å²) in [6, 6.07) is 6.34. The number of carboxylic acid groups (broad SMARTS) is 1. The SMILES string of the molecule is O=C(O)C(F)(F)F.O=C1c2c(Br)cccc2C[C@@H]2CNCCN12. The average Bonchev–Trinajstić information content (AvgIpc) is 2.47. The smallest absolute Gasteiger partial charge is 0.475 e. The molecule has 1 aromatic carbocycles. The van der Waals surface area contributed by atoms with Crippen molar-refractivity contribution in [3.05, 3.63) is 33.8 Å². The van der Waals surface area contributed by atoms with Gasteiger partial charge in [0.05, 0.1) is 5.56 Å². The molecule has 0 aromatic heterocycles. The third-order valence-corrected chi connectivity index (χ3v) is 4.28. The van der Waals surface area contributed by atoms with Crippen LogP contribution in [0.1, 0.15) is 15.9 Å². The van der Waals surface area contributed by atoms with Gasteiger partial charge in [-0.2, -0.15) is 13.2 Å². The van der Waals surface area contributed by atoms with Crippen LogP contribution in [0.25, 0.3) is 0 Å². The molecule has 1 atom stereocenters. The molecule has 23 heavy (non-hydrogen) atoms. The number of amides is 1. The molecule has 2 heterocycles. The minimum absolute atomic E-state index is 0.181. The number of halogens is 4. The van der Waals surface area contributed by atoms with Gasteiger partial charge < -0.3 is 15.3 Å². The van der Waals surface area contributed by atoms with Gasteiger partial charge in [0.25, 0.3) is 5.91 Å². The molecule has 1 amide bonds. The number of carboxylic acids is 1. The maximum atomic E-state index is 12.3. The number of carbonyl (C=O) groups excluding carboxylic acids is 1. The van der Waals surface area contributed by atoms with Crippen LogP contribution in [0.3, 0.4) is 0 Å². The molecule has 2 aliphatic heterocycles. The van der Waals surface area contributed by atoms with E-state index in [-0.39, 0.29) is 5.91 Å². The maximum absolute atomic E-state index is 12.3. The Hall–Kier alpha value is -1.61. The molecule has 2 N–H and O–H groups in total. The number of carbonyl (C=O) groups is 2. The Morgan fingerprint density at radius 1 is 1.39 bits per heavy atom. The number of benzene rings is 1. The van der Waals surface area contributed by atoms with Gasteiger partial charge in [0.2, 0.25) is 0 Å². The Morgan fingerprint density at radius 3 is 2.65 bits per heavy atom. The lowest BCUT2D eigenvalue weighted by Gasteiger charge is -2.40. The fourth-order valence-electron chi connectivity index (χ4n) is 2.59. The van der Waals surface area contributed by atoms with Crippen LogP contribution in [0.15, 0.2) is 22.7 Å². The minimum Gasteiger partial charge on any atom is -0.475 e. The fourth-order valence-corrected chi connectivity index (χ4v) is 3.16. The summed E-state index contributed by atoms with van der Waals surface area (Å²) in [6.07, 6.45) is -4.12. The Balaban J connectivity index is 0.000000236. The van der Waals surface area contributed by atoms with Crippen LogP contribution in [0.4, 0.5) is 13.2 Å². The number of rotatable bonds is 0. The predicted molar refractivity (Wildman–Crippen MR) is 79.2 cm³/mol. The highest BCUT2D eigenvalue weighted by atomic mass is 79.9. The second kappa shape index (κ2) is 6.88. The summed E-state index contributed by atoms with van der Waals surface area (Å²) < 4.78 is 32.7. The Labute approximate surface area is 138 Å². The number of alkyl halides is 3. The lowest BCUT2D eigenvalue weighted by molar-refractivity contribution is -0.192. The van der Waals surface area contributed by atoms with E-state index >= 15 is 0 Å². The highest BCUT2D eigenvalue weighted by molar-refractivity contribution is 9.10. The molecule has 0 unspecified atom stereocenters. The third-order valence-electron chi connectivity index (χ3n) is 3.62. The minimum atomic E-state index is -5.08. The van der Waals surface area contributed by atoms with Crippen LogP contribution in [0.5, 0.6) is 0 Å². The van der Waals surface area contributed by atoms with Crippen molar-refractivity contribution >= 4 is 27.8 Å². The summed E-state index contributed by atoms with van der Waals surface area (Å²) in [5.74, 6) is -2.58. The second-order valence-electron chi connectivity index (χ2n) is 5.14. The number of aliphatic carboxylic acids is 1. The zero-order valence-electron chi connectivity index (χ0n) is 11.9. The van der Waals surface area contributed by atoms with E-state index in [1.165, 1.54) is 5.56 Å². The van der Waals surface area contributed by atoms with E-state index < -0.39 is 12.1 Å². The molecule has 0 bridgehead atoms. The van der Waals surface area contributed by atoms with E-state index in [2.05, 4.69) is 27.3 Å². The van der Waals surface area contributed by atoms with Gasteiger partial charge in [-0.15, -0.1) is 0 Å². The van der Waals surface area contributed by atoms with Gasteiger partial charge in [-0.3, -0.25) is 4.79 Å². The number of fused-ring (bicyclic) bond motifs is 2. The topological polar surface area (TPSA) is 69.6 Å². The zero-order valence-corrected chi connectivity index (χ0v) is 13.4. The van der Waals surface area contributed by atoms with E-state index in [0.717, 1.165) is 36.1 Å². The molecule has 2 aliphatic rings. The van der Waals surface area contributed by atoms with E-state index in [4.69, 9.17) is 9.90 Å². The highest BCUT2D eigenvalue weighted by Gasteiger charge is 2.38. The number of nitrogens with zero attached hydrogens (tertiary/aromatic N) is 1. The summed E-state index contributed by atoms with van der Waals surface area (Å²) in [5.41, 5.74) is 2.03. The van der Waals surface area contributed by atoms with Crippen LogP contribution in [-0.4, -0.2) is 53.7 Å². The fraction of sp³-hybridized carbons (Fsp3) is 0.429. The van der Waals surface area contributed by atoms with E-state index in [1.54, 1.807) is 0 Å². The predicted octanol–water partition coefficient (Wildman–Crippen LogP) is 2.05. The molecule has 0 radical (unpaired) electrons. The number of hydrogen-bond donors (Lipinski definition) is 2. The van der Waals surface area contributed by atoms with E-state index in [9.17, 15) is 18.0 Å². The lowest BCUT2D eigenvalue weighted by Crippen LogP contribution is -2.56. The molecular weight excluding hydrogens is 381 g/mol. The Morgan fingerprint density at radius 2 is 2.04 bits per heavy atom. The summed E-state index contributed by atoms with van der Waals surface area (Å²) in [5, 5.41) is 10.5. The van der Waals surface area contributed by atoms with E-state index in [1.807, 2.05) is 17.0 Å². The van der Waals surface area contributed by atoms with Crippen LogP contribution in [-0.2, 0) is 11.2 Å². The van der Waals surface area contributed by atoms with Gasteiger partial charge in [-0.1, -0.05) is 12.1 Å². The lowest BCUT2D eigenvalue weighted by atomic mass is 9.92. The van der Waals surface area contributed by atoms with Gasteiger partial charge in [-0.25, -0.2) is 4.79 Å². The van der Waals surface area contributed by atoms with Crippen molar-refractivity contribution in [2.45, 2.75) is 18.6 Å². The van der Waals surface area contributed by atoms with Crippen molar-refractivity contribution in [1.82, 2.24) is 10.2 Å². The van der Waals surface area contributed by atoms with Crippen molar-refractivity contribution in [1.29, 1.82) is 0 Å². The van der Waals surface area contributed by atoms with Gasteiger partial charge in [0, 0.05) is 30.1 Å². The normalized spacial score (nSPS) is 20.1. The molecular formula is C14H14BrF3N2O3. The highest BCUT2D eigenvalue weighted by Crippen LogP contribution is 2.29. The van der Waals surface area contributed by atoms with Crippen molar-refractivity contribution in [3.63, 3.8) is 0 Å². The number of hydrogen-bond acceptors (Lipinski definition) is 3. The molecule has 1 fully saturated rings. The van der Waals surface area contributed by atoms with Gasteiger partial charge >= 0.3 is 12.1 Å². The van der Waals surface area contributed by atoms with Crippen molar-refractivity contribution in [2.75, 3.05) is 19.6 Å². The largest absolute Gasteiger partial charge is 0.490 e. The molecule has 126 valence electrons. The third kappa shape index (κ3) is 4.03. The van der Waals surface area contributed by atoms with Crippen LogP contribution < -0.4 is 5.32 Å². The monoisotopic (exact) mass is 394 g/mol. The molecule has 0 aliphatic carbocycles. The van der Waals surface area contributed by atoms with Gasteiger partial charge in [0.15, 0.2) is 0 Å². The molecule has 3 rings (SSSR count). The summed E-state index contributed by atoms with van der Waals surface area (Å²) in [4.78, 5) is 23.2. The Kier molecular flexibility index (Phi) is 5.30. The van der Waals surface area contributed by atoms with Gasteiger partial charge in [0.1, 0.15) is 0 Å². The van der Waals surface area contributed by atoms with E-state index in [0.29, 0.717) is 6.04 Å². The van der Waals surface area contributed by atoms with Crippen LogP contribution >= 0.6 is 15.9 Å². The Bertz CT molecular complexity index is 622. The first kappa shape index (κ1) is 17.7. The van der Waals surface area contributed by atoms with Crippen LogP contribution in [0.2, 0.25) is 0 Å². The first-order chi connectivity index (χ1) is 10.7.